The Bertz CT molecular complexity index is 996. The molecule has 4 rings (SSSR count). The van der Waals surface area contributed by atoms with Crippen LogP contribution in [0.25, 0.3) is 22.4 Å². The lowest BCUT2D eigenvalue weighted by atomic mass is 10.1. The summed E-state index contributed by atoms with van der Waals surface area (Å²) in [7, 11) is 0. The van der Waals surface area contributed by atoms with Gasteiger partial charge in [-0.3, -0.25) is 0 Å². The van der Waals surface area contributed by atoms with Crippen LogP contribution in [0, 0.1) is 0 Å². The van der Waals surface area contributed by atoms with Crippen molar-refractivity contribution in [1.82, 2.24) is 4.98 Å². The van der Waals surface area contributed by atoms with Crippen molar-refractivity contribution in [1.29, 1.82) is 0 Å². The van der Waals surface area contributed by atoms with Crippen molar-refractivity contribution in [3.8, 4) is 11.5 Å². The third-order valence-corrected chi connectivity index (χ3v) is 3.80. The van der Waals surface area contributed by atoms with Crippen LogP contribution in [0.5, 0.6) is 0 Å². The predicted molar refractivity (Wildman–Crippen MR) is 101 cm³/mol. The van der Waals surface area contributed by atoms with Gasteiger partial charge in [0.1, 0.15) is 5.69 Å². The molecular formula is C21H18N2O3. The van der Waals surface area contributed by atoms with Crippen LogP contribution in [-0.2, 0) is 6.54 Å². The number of furan rings is 1. The summed E-state index contributed by atoms with van der Waals surface area (Å²) in [6, 6.07) is 22.2. The van der Waals surface area contributed by atoms with Crippen LogP contribution >= 0.6 is 0 Å². The van der Waals surface area contributed by atoms with Gasteiger partial charge in [-0.2, -0.15) is 0 Å². The molecule has 3 N–H and O–H groups in total. The maximum Gasteiger partial charge on any atom is 0.336 e. The highest BCUT2D eigenvalue weighted by Crippen LogP contribution is 2.24. The molecule has 0 saturated heterocycles. The van der Waals surface area contributed by atoms with Crippen molar-refractivity contribution in [3.63, 3.8) is 0 Å². The fraction of sp³-hybridized carbons (Fsp3) is 0.0476. The number of carboxylic acids is 1. The van der Waals surface area contributed by atoms with Crippen LogP contribution in [0.4, 0.5) is 0 Å². The molecule has 2 aromatic carbocycles. The molecular weight excluding hydrogens is 328 g/mol. The van der Waals surface area contributed by atoms with E-state index in [-0.39, 0.29) is 5.56 Å². The van der Waals surface area contributed by atoms with E-state index in [1.54, 1.807) is 30.3 Å². The van der Waals surface area contributed by atoms with Gasteiger partial charge in [-0.05, 0) is 29.8 Å². The Hall–Kier alpha value is -3.44. The summed E-state index contributed by atoms with van der Waals surface area (Å²) in [5, 5.41) is 9.87. The lowest BCUT2D eigenvalue weighted by Gasteiger charge is -2.04. The molecule has 2 heterocycles. The molecule has 0 atom stereocenters. The van der Waals surface area contributed by atoms with Crippen molar-refractivity contribution in [2.24, 2.45) is 5.73 Å². The average molecular weight is 346 g/mol. The van der Waals surface area contributed by atoms with Gasteiger partial charge in [0, 0.05) is 11.9 Å². The SMILES string of the molecule is NCc1ccccc1.O=C(O)c1cc(-c2ccco2)nc2ccccc12. The Morgan fingerprint density at radius 2 is 1.73 bits per heavy atom. The first-order valence-corrected chi connectivity index (χ1v) is 8.10. The van der Waals surface area contributed by atoms with Crippen LogP contribution in [0.15, 0.2) is 83.5 Å². The number of fused-ring (bicyclic) bond motifs is 1. The van der Waals surface area contributed by atoms with E-state index in [0.717, 1.165) is 0 Å². The molecule has 0 bridgehead atoms. The second-order valence-electron chi connectivity index (χ2n) is 5.54. The number of carboxylic acid groups (broad SMARTS) is 1. The van der Waals surface area contributed by atoms with E-state index in [2.05, 4.69) is 4.98 Å². The van der Waals surface area contributed by atoms with Gasteiger partial charge >= 0.3 is 5.97 Å². The minimum Gasteiger partial charge on any atom is -0.478 e. The standard InChI is InChI=1S/C14H9NO3.C7H9N/c16-14(17)10-8-12(13-6-3-7-18-13)15-11-5-2-1-4-9(10)11;8-6-7-4-2-1-3-5-7/h1-8H,(H,16,17);1-5H,6,8H2. The van der Waals surface area contributed by atoms with Crippen LogP contribution < -0.4 is 5.73 Å². The number of hydrogen-bond acceptors (Lipinski definition) is 4. The number of rotatable bonds is 3. The van der Waals surface area contributed by atoms with Gasteiger partial charge in [-0.15, -0.1) is 0 Å². The fourth-order valence-corrected chi connectivity index (χ4v) is 2.52. The van der Waals surface area contributed by atoms with Gasteiger partial charge in [-0.1, -0.05) is 48.5 Å². The van der Waals surface area contributed by atoms with Crippen molar-refractivity contribution in [2.75, 3.05) is 0 Å². The van der Waals surface area contributed by atoms with E-state index in [4.69, 9.17) is 10.2 Å². The average Bonchev–Trinajstić information content (AvgIpc) is 3.23. The molecule has 0 radical (unpaired) electrons. The van der Waals surface area contributed by atoms with E-state index in [0.29, 0.717) is 28.9 Å². The smallest absolute Gasteiger partial charge is 0.336 e. The Morgan fingerprint density at radius 1 is 1.00 bits per heavy atom. The largest absolute Gasteiger partial charge is 0.478 e. The van der Waals surface area contributed by atoms with Crippen molar-refractivity contribution >= 4 is 16.9 Å². The summed E-state index contributed by atoms with van der Waals surface area (Å²) >= 11 is 0. The second-order valence-corrected chi connectivity index (χ2v) is 5.54. The zero-order valence-electron chi connectivity index (χ0n) is 14.0. The zero-order chi connectivity index (χ0) is 18.4. The summed E-state index contributed by atoms with van der Waals surface area (Å²) in [5.41, 5.74) is 7.93. The molecule has 0 amide bonds. The maximum absolute atomic E-state index is 11.3. The Morgan fingerprint density at radius 3 is 2.35 bits per heavy atom. The van der Waals surface area contributed by atoms with E-state index >= 15 is 0 Å². The molecule has 0 spiro atoms. The van der Waals surface area contributed by atoms with Crippen LogP contribution in [0.3, 0.4) is 0 Å². The minimum absolute atomic E-state index is 0.229. The van der Waals surface area contributed by atoms with Gasteiger partial charge in [-0.25, -0.2) is 9.78 Å². The number of aromatic nitrogens is 1. The van der Waals surface area contributed by atoms with Crippen molar-refractivity contribution in [3.05, 3.63) is 90.2 Å². The third-order valence-electron chi connectivity index (χ3n) is 3.80. The van der Waals surface area contributed by atoms with E-state index in [1.165, 1.54) is 17.9 Å². The first-order chi connectivity index (χ1) is 12.7. The van der Waals surface area contributed by atoms with Gasteiger partial charge < -0.3 is 15.3 Å². The number of nitrogens with zero attached hydrogens (tertiary/aromatic N) is 1. The topological polar surface area (TPSA) is 89.4 Å². The molecule has 26 heavy (non-hydrogen) atoms. The molecule has 0 aliphatic rings. The van der Waals surface area contributed by atoms with E-state index in [9.17, 15) is 9.90 Å². The molecule has 0 aliphatic heterocycles. The summed E-state index contributed by atoms with van der Waals surface area (Å²) in [6.07, 6.45) is 1.53. The molecule has 4 aromatic rings. The Kier molecular flexibility index (Phi) is 5.41. The molecule has 2 aromatic heterocycles. The highest BCUT2D eigenvalue weighted by atomic mass is 16.4. The number of hydrogen-bond donors (Lipinski definition) is 2. The minimum atomic E-state index is -0.971. The highest BCUT2D eigenvalue weighted by molar-refractivity contribution is 6.03. The molecule has 0 fully saturated rings. The summed E-state index contributed by atoms with van der Waals surface area (Å²) in [5.74, 6) is -0.412. The maximum atomic E-state index is 11.3. The Labute approximate surface area is 150 Å². The zero-order valence-corrected chi connectivity index (χ0v) is 14.0. The van der Waals surface area contributed by atoms with Crippen LogP contribution in [0.2, 0.25) is 0 Å². The van der Waals surface area contributed by atoms with Gasteiger partial charge in [0.05, 0.1) is 17.3 Å². The number of benzene rings is 2. The van der Waals surface area contributed by atoms with E-state index in [1.807, 2.05) is 36.4 Å². The normalized spacial score (nSPS) is 10.2. The summed E-state index contributed by atoms with van der Waals surface area (Å²) in [6.45, 7) is 0.640. The third kappa shape index (κ3) is 3.96. The van der Waals surface area contributed by atoms with Gasteiger partial charge in [0.25, 0.3) is 0 Å². The molecule has 5 nitrogen and oxygen atoms in total. The van der Waals surface area contributed by atoms with Crippen molar-refractivity contribution in [2.45, 2.75) is 6.54 Å². The number of nitrogens with two attached hydrogens (primary N) is 1. The monoisotopic (exact) mass is 346 g/mol. The first kappa shape index (κ1) is 17.4. The highest BCUT2D eigenvalue weighted by Gasteiger charge is 2.13. The van der Waals surface area contributed by atoms with Crippen LogP contribution in [0.1, 0.15) is 15.9 Å². The fourth-order valence-electron chi connectivity index (χ4n) is 2.52. The second kappa shape index (κ2) is 8.09. The predicted octanol–water partition coefficient (Wildman–Crippen LogP) is 4.34. The molecule has 0 aliphatic carbocycles. The lowest BCUT2D eigenvalue weighted by molar-refractivity contribution is 0.0699. The molecule has 5 heteroatoms. The first-order valence-electron chi connectivity index (χ1n) is 8.10. The van der Waals surface area contributed by atoms with Gasteiger partial charge in [0.15, 0.2) is 5.76 Å². The number of aromatic carboxylic acids is 1. The molecule has 0 unspecified atom stereocenters. The number of pyridine rings is 1. The molecule has 130 valence electrons. The number of carbonyl (C=O) groups is 1. The number of para-hydroxylation sites is 1. The van der Waals surface area contributed by atoms with Crippen LogP contribution in [-0.4, -0.2) is 16.1 Å². The summed E-state index contributed by atoms with van der Waals surface area (Å²) in [4.78, 5) is 15.7. The Balaban J connectivity index is 0.000000206. The quantitative estimate of drug-likeness (QED) is 0.576. The molecule has 0 saturated carbocycles. The van der Waals surface area contributed by atoms with Gasteiger partial charge in [0.2, 0.25) is 0 Å². The lowest BCUT2D eigenvalue weighted by Crippen LogP contribution is -1.99. The van der Waals surface area contributed by atoms with Crippen molar-refractivity contribution < 1.29 is 14.3 Å². The van der Waals surface area contributed by atoms with E-state index < -0.39 is 5.97 Å². The summed E-state index contributed by atoms with van der Waals surface area (Å²) < 4.78 is 5.25.